The second-order valence-electron chi connectivity index (χ2n) is 3.68. The summed E-state index contributed by atoms with van der Waals surface area (Å²) in [6, 6.07) is 3.57. The third-order valence-corrected chi connectivity index (χ3v) is 4.22. The quantitative estimate of drug-likeness (QED) is 0.295. The molecule has 0 spiro atoms. The van der Waals surface area contributed by atoms with Gasteiger partial charge >= 0.3 is 17.9 Å². The van der Waals surface area contributed by atoms with E-state index < -0.39 is 31.1 Å². The Kier molecular flexibility index (Phi) is 7.45. The van der Waals surface area contributed by atoms with Crippen molar-refractivity contribution in [2.45, 2.75) is 5.92 Å². The highest BCUT2D eigenvalue weighted by Gasteiger charge is 2.39. The Morgan fingerprint density at radius 1 is 1.19 bits per heavy atom. The number of halogens is 5. The molecule has 0 amide bonds. The Morgan fingerprint density at radius 2 is 1.71 bits per heavy atom. The van der Waals surface area contributed by atoms with Crippen molar-refractivity contribution in [2.75, 3.05) is 13.2 Å². The van der Waals surface area contributed by atoms with Crippen LogP contribution in [0.4, 0.5) is 8.78 Å². The van der Waals surface area contributed by atoms with Gasteiger partial charge in [0, 0.05) is 3.57 Å². The molecule has 1 N–H and O–H groups in total. The average molecular weight is 638 g/mol. The molecule has 0 heterocycles. The number of esters is 1. The van der Waals surface area contributed by atoms with Gasteiger partial charge in [0.2, 0.25) is 0 Å². The highest BCUT2D eigenvalue weighted by atomic mass is 127. The van der Waals surface area contributed by atoms with E-state index in [0.717, 1.165) is 3.57 Å². The fourth-order valence-electron chi connectivity index (χ4n) is 1.09. The maximum absolute atomic E-state index is 12.7. The van der Waals surface area contributed by atoms with Crippen molar-refractivity contribution < 1.29 is 33.0 Å². The van der Waals surface area contributed by atoms with E-state index in [4.69, 9.17) is 9.84 Å². The summed E-state index contributed by atoms with van der Waals surface area (Å²) >= 11 is 6.06. The van der Waals surface area contributed by atoms with E-state index >= 15 is 0 Å². The van der Waals surface area contributed by atoms with Crippen LogP contribution in [0.2, 0.25) is 0 Å². The lowest BCUT2D eigenvalue weighted by atomic mass is 10.3. The summed E-state index contributed by atoms with van der Waals surface area (Å²) in [5.74, 6) is -6.91. The zero-order valence-electron chi connectivity index (χ0n) is 10.0. The number of carbonyl (C=O) groups is 2. The Bertz CT molecular complexity index is 542. The fraction of sp³-hybridized carbons (Fsp3) is 0.273. The Hall–Kier alpha value is 0.170. The highest BCUT2D eigenvalue weighted by molar-refractivity contribution is 14.1. The molecule has 1 rings (SSSR count). The van der Waals surface area contributed by atoms with E-state index in [1.54, 1.807) is 12.1 Å². The predicted octanol–water partition coefficient (Wildman–Crippen LogP) is 3.14. The van der Waals surface area contributed by atoms with Gasteiger partial charge in [-0.25, -0.2) is 9.59 Å². The van der Waals surface area contributed by atoms with Crippen molar-refractivity contribution in [3.05, 3.63) is 22.8 Å². The molecule has 116 valence electrons. The number of aliphatic carboxylic acids is 1. The standard InChI is InChI=1S/C11H7F2I3O5/c12-11(13,10(18)19)4-20-3-8(17)21-9-6(15)1-5(14)2-7(9)16/h1-2H,3-4H2,(H,18,19). The Balaban J connectivity index is 2.58. The van der Waals surface area contributed by atoms with Crippen molar-refractivity contribution >= 4 is 79.7 Å². The number of carboxylic acids is 1. The van der Waals surface area contributed by atoms with E-state index in [2.05, 4.69) is 27.3 Å². The number of benzene rings is 1. The minimum atomic E-state index is -4.04. The first-order chi connectivity index (χ1) is 9.63. The molecule has 5 nitrogen and oxygen atoms in total. The third kappa shape index (κ3) is 6.05. The number of ether oxygens (including phenoxy) is 2. The molecular weight excluding hydrogens is 631 g/mol. The highest BCUT2D eigenvalue weighted by Crippen LogP contribution is 2.29. The summed E-state index contributed by atoms with van der Waals surface area (Å²) in [7, 11) is 0. The van der Waals surface area contributed by atoms with Crippen LogP contribution in [0.3, 0.4) is 0 Å². The van der Waals surface area contributed by atoms with Crippen LogP contribution in [0.15, 0.2) is 12.1 Å². The maximum atomic E-state index is 12.7. The molecule has 0 fully saturated rings. The first kappa shape index (κ1) is 19.2. The Labute approximate surface area is 159 Å². The maximum Gasteiger partial charge on any atom is 0.377 e. The van der Waals surface area contributed by atoms with Crippen molar-refractivity contribution in [2.24, 2.45) is 0 Å². The van der Waals surface area contributed by atoms with Gasteiger partial charge in [-0.1, -0.05) is 0 Å². The fourth-order valence-corrected chi connectivity index (χ4v) is 4.90. The van der Waals surface area contributed by atoms with Crippen LogP contribution in [0, 0.1) is 10.7 Å². The van der Waals surface area contributed by atoms with Crippen molar-refractivity contribution in [1.29, 1.82) is 0 Å². The molecule has 0 radical (unpaired) electrons. The largest absolute Gasteiger partial charge is 0.477 e. The summed E-state index contributed by atoms with van der Waals surface area (Å²) in [6.45, 7) is -2.15. The molecule has 0 saturated carbocycles. The lowest BCUT2D eigenvalue weighted by Crippen LogP contribution is -2.34. The van der Waals surface area contributed by atoms with E-state index in [-0.39, 0.29) is 0 Å². The number of carbonyl (C=O) groups excluding carboxylic acids is 1. The van der Waals surface area contributed by atoms with Crippen LogP contribution in [0.25, 0.3) is 0 Å². The lowest BCUT2D eigenvalue weighted by Gasteiger charge is -2.12. The topological polar surface area (TPSA) is 72.8 Å². The van der Waals surface area contributed by atoms with Gasteiger partial charge in [-0.05, 0) is 79.9 Å². The minimum Gasteiger partial charge on any atom is -0.477 e. The van der Waals surface area contributed by atoms with Crippen LogP contribution >= 0.6 is 67.8 Å². The van der Waals surface area contributed by atoms with E-state index in [1.807, 2.05) is 45.2 Å². The molecule has 21 heavy (non-hydrogen) atoms. The number of rotatable bonds is 6. The molecule has 10 heteroatoms. The van der Waals surface area contributed by atoms with Gasteiger partial charge in [0.25, 0.3) is 0 Å². The van der Waals surface area contributed by atoms with E-state index in [0.29, 0.717) is 12.9 Å². The van der Waals surface area contributed by atoms with Crippen molar-refractivity contribution in [3.63, 3.8) is 0 Å². The second-order valence-corrected chi connectivity index (χ2v) is 7.25. The zero-order chi connectivity index (χ0) is 16.2. The minimum absolute atomic E-state index is 0.315. The molecule has 1 aromatic rings. The Morgan fingerprint density at radius 3 is 2.19 bits per heavy atom. The number of carboxylic acid groups (broad SMARTS) is 1. The van der Waals surface area contributed by atoms with Gasteiger partial charge in [0.05, 0.1) is 7.14 Å². The summed E-state index contributed by atoms with van der Waals surface area (Å²) in [5, 5.41) is 8.19. The lowest BCUT2D eigenvalue weighted by molar-refractivity contribution is -0.175. The van der Waals surface area contributed by atoms with Crippen LogP contribution < -0.4 is 4.74 Å². The summed E-state index contributed by atoms with van der Waals surface area (Å²) in [5.41, 5.74) is 0. The van der Waals surface area contributed by atoms with Gasteiger partial charge < -0.3 is 14.6 Å². The molecule has 0 aliphatic rings. The second kappa shape index (κ2) is 8.14. The van der Waals surface area contributed by atoms with Crippen LogP contribution in [-0.2, 0) is 14.3 Å². The molecule has 0 aromatic heterocycles. The van der Waals surface area contributed by atoms with Gasteiger partial charge in [-0.2, -0.15) is 8.78 Å². The SMILES string of the molecule is O=C(COCC(F)(F)C(=O)O)Oc1c(I)cc(I)cc1I. The van der Waals surface area contributed by atoms with Gasteiger partial charge in [0.1, 0.15) is 13.2 Å². The first-order valence-corrected chi connectivity index (χ1v) is 8.41. The summed E-state index contributed by atoms with van der Waals surface area (Å²) < 4.78 is 37.2. The van der Waals surface area contributed by atoms with Gasteiger partial charge in [-0.15, -0.1) is 0 Å². The normalized spacial score (nSPS) is 11.3. The molecule has 0 aliphatic carbocycles. The molecular formula is C11H7F2I3O5. The van der Waals surface area contributed by atoms with Crippen LogP contribution in [0.5, 0.6) is 5.75 Å². The summed E-state index contributed by atoms with van der Waals surface area (Å²) in [4.78, 5) is 21.7. The number of hydrogen-bond donors (Lipinski definition) is 1. The predicted molar refractivity (Wildman–Crippen MR) is 93.6 cm³/mol. The molecule has 0 unspecified atom stereocenters. The van der Waals surface area contributed by atoms with Gasteiger partial charge in [0.15, 0.2) is 5.75 Å². The molecule has 0 aliphatic heterocycles. The molecule has 0 atom stereocenters. The van der Waals surface area contributed by atoms with E-state index in [1.165, 1.54) is 0 Å². The average Bonchev–Trinajstić information content (AvgIpc) is 2.33. The summed E-state index contributed by atoms with van der Waals surface area (Å²) in [6.07, 6.45) is 0. The zero-order valence-corrected chi connectivity index (χ0v) is 16.5. The molecule has 0 bridgehead atoms. The van der Waals surface area contributed by atoms with E-state index in [9.17, 15) is 18.4 Å². The number of hydrogen-bond acceptors (Lipinski definition) is 4. The van der Waals surface area contributed by atoms with Crippen LogP contribution in [0.1, 0.15) is 0 Å². The monoisotopic (exact) mass is 638 g/mol. The first-order valence-electron chi connectivity index (χ1n) is 5.17. The van der Waals surface area contributed by atoms with Gasteiger partial charge in [-0.3, -0.25) is 0 Å². The number of alkyl halides is 2. The third-order valence-electron chi connectivity index (χ3n) is 2.00. The van der Waals surface area contributed by atoms with Crippen molar-refractivity contribution in [1.82, 2.24) is 0 Å². The molecule has 1 aromatic carbocycles. The smallest absolute Gasteiger partial charge is 0.377 e. The van der Waals surface area contributed by atoms with Crippen molar-refractivity contribution in [3.8, 4) is 5.75 Å². The van der Waals surface area contributed by atoms with Crippen LogP contribution in [-0.4, -0.2) is 36.2 Å². The molecule has 0 saturated heterocycles.